The predicted molar refractivity (Wildman–Crippen MR) is 95.6 cm³/mol. The summed E-state index contributed by atoms with van der Waals surface area (Å²) in [6.45, 7) is -0.135. The van der Waals surface area contributed by atoms with Gasteiger partial charge in [-0.15, -0.1) is 11.8 Å². The van der Waals surface area contributed by atoms with Crippen molar-refractivity contribution in [3.05, 3.63) is 66.2 Å². The minimum absolute atomic E-state index is 0.135. The summed E-state index contributed by atoms with van der Waals surface area (Å²) in [5, 5.41) is 18.6. The Bertz CT molecular complexity index is 558. The maximum atomic E-state index is 9.63. The Hall–Kier alpha value is -1.29. The molecule has 0 aliphatic heterocycles. The lowest BCUT2D eigenvalue weighted by Gasteiger charge is -2.18. The fourth-order valence-corrected chi connectivity index (χ4v) is 4.82. The largest absolute Gasteiger partial charge is 0.394 e. The molecule has 3 atom stereocenters. The smallest absolute Gasteiger partial charge is 0.0771 e. The van der Waals surface area contributed by atoms with E-state index in [-0.39, 0.29) is 11.4 Å². The van der Waals surface area contributed by atoms with E-state index in [2.05, 4.69) is 60.7 Å². The standard InChI is InChI=1S/C20H24O2S/c21-15-18(22)12-11-17-14-20(17,13-16-7-3-1-4-8-16)23-19-9-5-2-6-10-19/h1-10,17-18,21-22H,11-15H2/t17?,18?,20-/m1/s1. The van der Waals surface area contributed by atoms with Crippen LogP contribution in [-0.2, 0) is 6.42 Å². The van der Waals surface area contributed by atoms with E-state index in [0.29, 0.717) is 12.3 Å². The van der Waals surface area contributed by atoms with Crippen molar-refractivity contribution in [1.82, 2.24) is 0 Å². The molecule has 2 nitrogen and oxygen atoms in total. The summed E-state index contributed by atoms with van der Waals surface area (Å²) in [7, 11) is 0. The van der Waals surface area contributed by atoms with Crippen LogP contribution in [-0.4, -0.2) is 27.7 Å². The molecule has 1 saturated carbocycles. The summed E-state index contributed by atoms with van der Waals surface area (Å²) in [5.41, 5.74) is 1.38. The van der Waals surface area contributed by atoms with Crippen molar-refractivity contribution in [3.8, 4) is 0 Å². The molecule has 1 aliphatic carbocycles. The second-order valence-corrected chi connectivity index (χ2v) is 7.95. The van der Waals surface area contributed by atoms with Crippen molar-refractivity contribution in [2.45, 2.75) is 41.4 Å². The quantitative estimate of drug-likeness (QED) is 0.772. The van der Waals surface area contributed by atoms with E-state index in [4.69, 9.17) is 5.11 Å². The molecule has 2 N–H and O–H groups in total. The molecule has 2 unspecified atom stereocenters. The van der Waals surface area contributed by atoms with E-state index in [0.717, 1.165) is 12.8 Å². The third-order valence-electron chi connectivity index (χ3n) is 4.65. The predicted octanol–water partition coefficient (Wildman–Crippen LogP) is 3.91. The topological polar surface area (TPSA) is 40.5 Å². The zero-order valence-corrected chi connectivity index (χ0v) is 14.1. The summed E-state index contributed by atoms with van der Waals surface area (Å²) in [6.07, 6.45) is 3.33. The Morgan fingerprint density at radius 2 is 1.70 bits per heavy atom. The van der Waals surface area contributed by atoms with Gasteiger partial charge in [-0.1, -0.05) is 48.5 Å². The van der Waals surface area contributed by atoms with Crippen LogP contribution in [0.2, 0.25) is 0 Å². The lowest BCUT2D eigenvalue weighted by atomic mass is 10.0. The van der Waals surface area contributed by atoms with E-state index < -0.39 is 6.10 Å². The maximum absolute atomic E-state index is 9.63. The number of rotatable bonds is 8. The molecule has 3 heteroatoms. The van der Waals surface area contributed by atoms with E-state index in [1.54, 1.807) is 0 Å². The van der Waals surface area contributed by atoms with Crippen LogP contribution >= 0.6 is 11.8 Å². The summed E-state index contributed by atoms with van der Waals surface area (Å²) in [4.78, 5) is 1.31. The average Bonchev–Trinajstić information content (AvgIpc) is 3.26. The van der Waals surface area contributed by atoms with E-state index in [1.165, 1.54) is 16.9 Å². The average molecular weight is 328 g/mol. The van der Waals surface area contributed by atoms with Crippen LogP contribution in [0.3, 0.4) is 0 Å². The highest BCUT2D eigenvalue weighted by molar-refractivity contribution is 8.01. The number of thioether (sulfide) groups is 1. The van der Waals surface area contributed by atoms with Crippen molar-refractivity contribution >= 4 is 11.8 Å². The Morgan fingerprint density at radius 1 is 1.04 bits per heavy atom. The molecule has 122 valence electrons. The molecule has 23 heavy (non-hydrogen) atoms. The number of benzene rings is 2. The lowest BCUT2D eigenvalue weighted by molar-refractivity contribution is 0.0851. The number of aliphatic hydroxyl groups excluding tert-OH is 2. The van der Waals surface area contributed by atoms with Crippen LogP contribution in [0, 0.1) is 5.92 Å². The van der Waals surface area contributed by atoms with Gasteiger partial charge in [-0.05, 0) is 49.3 Å². The van der Waals surface area contributed by atoms with Crippen molar-refractivity contribution in [1.29, 1.82) is 0 Å². The molecule has 3 rings (SSSR count). The Morgan fingerprint density at radius 3 is 2.35 bits per heavy atom. The second-order valence-electron chi connectivity index (χ2n) is 6.46. The van der Waals surface area contributed by atoms with Crippen molar-refractivity contribution in [2.75, 3.05) is 6.61 Å². The first kappa shape index (κ1) is 16.6. The number of hydrogen-bond donors (Lipinski definition) is 2. The molecule has 2 aromatic carbocycles. The van der Waals surface area contributed by atoms with Crippen LogP contribution in [0.5, 0.6) is 0 Å². The normalized spacial score (nSPS) is 24.3. The molecule has 0 heterocycles. The zero-order valence-electron chi connectivity index (χ0n) is 13.3. The van der Waals surface area contributed by atoms with Gasteiger partial charge < -0.3 is 10.2 Å². The summed E-state index contributed by atoms with van der Waals surface area (Å²) in [5.74, 6) is 0.606. The molecule has 1 fully saturated rings. The van der Waals surface area contributed by atoms with Gasteiger partial charge in [0.1, 0.15) is 0 Å². The monoisotopic (exact) mass is 328 g/mol. The fraction of sp³-hybridized carbons (Fsp3) is 0.400. The second kappa shape index (κ2) is 7.52. The molecule has 0 saturated heterocycles. The third-order valence-corrected chi connectivity index (χ3v) is 6.20. The van der Waals surface area contributed by atoms with Crippen molar-refractivity contribution < 1.29 is 10.2 Å². The van der Waals surface area contributed by atoms with Gasteiger partial charge in [0.05, 0.1) is 12.7 Å². The summed E-state index contributed by atoms with van der Waals surface area (Å²) in [6, 6.07) is 21.2. The molecule has 0 spiro atoms. The maximum Gasteiger partial charge on any atom is 0.0771 e. The van der Waals surface area contributed by atoms with Gasteiger partial charge >= 0.3 is 0 Å². The van der Waals surface area contributed by atoms with Crippen LogP contribution in [0.25, 0.3) is 0 Å². The van der Waals surface area contributed by atoms with Gasteiger partial charge in [-0.25, -0.2) is 0 Å². The highest BCUT2D eigenvalue weighted by Crippen LogP contribution is 2.60. The lowest BCUT2D eigenvalue weighted by Crippen LogP contribution is -2.15. The van der Waals surface area contributed by atoms with Gasteiger partial charge in [0, 0.05) is 9.64 Å². The highest BCUT2D eigenvalue weighted by atomic mass is 32.2. The van der Waals surface area contributed by atoms with Crippen LogP contribution in [0.4, 0.5) is 0 Å². The number of hydrogen-bond acceptors (Lipinski definition) is 3. The van der Waals surface area contributed by atoms with Crippen LogP contribution < -0.4 is 0 Å². The first-order chi connectivity index (χ1) is 11.2. The van der Waals surface area contributed by atoms with Gasteiger partial charge in [-0.2, -0.15) is 0 Å². The molecule has 2 aromatic rings. The molecular weight excluding hydrogens is 304 g/mol. The molecule has 0 amide bonds. The van der Waals surface area contributed by atoms with Crippen LogP contribution in [0.1, 0.15) is 24.8 Å². The minimum Gasteiger partial charge on any atom is -0.394 e. The Labute approximate surface area is 142 Å². The Kier molecular flexibility index (Phi) is 5.42. The van der Waals surface area contributed by atoms with Gasteiger partial charge in [0.15, 0.2) is 0 Å². The SMILES string of the molecule is OCC(O)CCC1C[C@@]1(Cc1ccccc1)Sc1ccccc1. The fourth-order valence-electron chi connectivity index (χ4n) is 3.25. The summed E-state index contributed by atoms with van der Waals surface area (Å²) < 4.78 is 0.234. The number of aliphatic hydroxyl groups is 2. The Balaban J connectivity index is 1.70. The zero-order chi connectivity index (χ0) is 16.1. The molecule has 1 aliphatic rings. The van der Waals surface area contributed by atoms with Gasteiger partial charge in [-0.3, -0.25) is 0 Å². The van der Waals surface area contributed by atoms with E-state index >= 15 is 0 Å². The first-order valence-corrected chi connectivity index (χ1v) is 9.10. The highest BCUT2D eigenvalue weighted by Gasteiger charge is 2.54. The molecule has 0 aromatic heterocycles. The molecular formula is C20H24O2S. The third kappa shape index (κ3) is 4.37. The van der Waals surface area contributed by atoms with Crippen molar-refractivity contribution in [3.63, 3.8) is 0 Å². The molecule has 0 bridgehead atoms. The van der Waals surface area contributed by atoms with Gasteiger partial charge in [0.2, 0.25) is 0 Å². The van der Waals surface area contributed by atoms with E-state index in [1.807, 2.05) is 11.8 Å². The minimum atomic E-state index is -0.577. The summed E-state index contributed by atoms with van der Waals surface area (Å²) >= 11 is 1.98. The van der Waals surface area contributed by atoms with Crippen LogP contribution in [0.15, 0.2) is 65.6 Å². The van der Waals surface area contributed by atoms with Crippen molar-refractivity contribution in [2.24, 2.45) is 5.92 Å². The van der Waals surface area contributed by atoms with E-state index in [9.17, 15) is 5.11 Å². The molecule has 0 radical (unpaired) electrons. The first-order valence-electron chi connectivity index (χ1n) is 8.29. The van der Waals surface area contributed by atoms with Gasteiger partial charge in [0.25, 0.3) is 0 Å².